The highest BCUT2D eigenvalue weighted by Crippen LogP contribution is 2.38. The molecular formula is C58H79ClN16O10. The zero-order chi connectivity index (χ0) is 61.7. The first-order valence-electron chi connectivity index (χ1n) is 28.9. The molecule has 2 atom stereocenters. The molecule has 2 saturated heterocycles. The number of nitrogens with zero attached hydrogens (tertiary/aromatic N) is 16. The summed E-state index contributed by atoms with van der Waals surface area (Å²) in [6.45, 7) is 33.3. The van der Waals surface area contributed by atoms with Crippen LogP contribution in [0, 0.1) is 25.7 Å². The highest BCUT2D eigenvalue weighted by atomic mass is 35.5. The van der Waals surface area contributed by atoms with E-state index in [4.69, 9.17) is 64.9 Å². The maximum atomic E-state index is 13.1. The summed E-state index contributed by atoms with van der Waals surface area (Å²) in [5, 5.41) is 0.365. The SMILES string of the molecule is Cc1nc(N(C(=O)OC(C)(C)C)C(=O)OC(C)(C)C)ncc1-c1nc(N2CCOC[C@@H]2C)c2nc(Cl)n(CC3CC3)c2n1.Cc1nc(N(C(=O)OC(C)(C)C)C(=O)OC(C)(C)C)ncc1-c1nc(N2CCOC[C@@H]2C)c2ncn(CC3CC3)c2n1. The standard InChI is InChI=1S/C29H39ClN8O5.C29H40N8O5/c1-16-15-41-12-11-36(16)22-20-23(37(24(30)33-20)14-18-9-10-18)35-21(34-22)19-13-31-25(32-17(19)2)38(26(39)42-28(3,4)5)27(40)43-29(6,7)8;1-17-15-40-12-11-36(17)24-21-23(35(16-31-21)14-19-9-10-19)33-22(34-24)20-13-30-25(32-18(20)2)37(26(38)41-28(3,4)5)27(39)42-29(6,7)8/h13,16,18H,9-12,14-15H2,1-8H3;13,16-17,19H,9-12,14-15H2,1-8H3/t16-;17-/m00/s1. The van der Waals surface area contributed by atoms with Crippen molar-refractivity contribution < 1.29 is 47.6 Å². The van der Waals surface area contributed by atoms with Crippen LogP contribution in [0.5, 0.6) is 0 Å². The Balaban J connectivity index is 0.000000204. The molecule has 0 unspecified atom stereocenters. The highest BCUT2D eigenvalue weighted by Gasteiger charge is 2.38. The number of ether oxygens (including phenoxy) is 6. The number of fused-ring (bicyclic) bond motifs is 2. The second-order valence-corrected chi connectivity index (χ2v) is 26.4. The number of carbonyl (C=O) groups excluding carboxylic acids is 4. The van der Waals surface area contributed by atoms with Gasteiger partial charge in [-0.2, -0.15) is 0 Å². The van der Waals surface area contributed by atoms with Crippen molar-refractivity contribution in [3.05, 3.63) is 35.4 Å². The van der Waals surface area contributed by atoms with Gasteiger partial charge in [-0.05, 0) is 160 Å². The van der Waals surface area contributed by atoms with Crippen molar-refractivity contribution in [3.8, 4) is 22.8 Å². The van der Waals surface area contributed by atoms with Crippen molar-refractivity contribution in [3.63, 3.8) is 0 Å². The molecule has 4 aliphatic rings. The summed E-state index contributed by atoms with van der Waals surface area (Å²) in [5.74, 6) is 3.00. The first-order valence-corrected chi connectivity index (χ1v) is 29.2. The van der Waals surface area contributed by atoms with Gasteiger partial charge in [0, 0.05) is 38.6 Å². The number of imidazole rings is 2. The Morgan fingerprint density at radius 2 is 0.953 bits per heavy atom. The Bertz CT molecular complexity index is 3430. The van der Waals surface area contributed by atoms with E-state index in [1.165, 1.54) is 25.2 Å². The van der Waals surface area contributed by atoms with E-state index in [1.807, 2.05) is 10.9 Å². The predicted molar refractivity (Wildman–Crippen MR) is 318 cm³/mol. The monoisotopic (exact) mass is 1190 g/mol. The van der Waals surface area contributed by atoms with Crippen molar-refractivity contribution in [1.82, 2.24) is 59.0 Å². The number of amides is 4. The molecule has 85 heavy (non-hydrogen) atoms. The summed E-state index contributed by atoms with van der Waals surface area (Å²) in [5.41, 5.74) is 1.30. The smallest absolute Gasteiger partial charge is 0.427 e. The molecule has 0 aromatic carbocycles. The molecule has 6 aromatic rings. The van der Waals surface area contributed by atoms with Crippen molar-refractivity contribution in [2.24, 2.45) is 11.8 Å². The highest BCUT2D eigenvalue weighted by molar-refractivity contribution is 6.29. The van der Waals surface area contributed by atoms with Gasteiger partial charge in [-0.25, -0.2) is 69.0 Å². The zero-order valence-electron chi connectivity index (χ0n) is 51.6. The topological polar surface area (TPSA) is 275 Å². The van der Waals surface area contributed by atoms with Crippen LogP contribution >= 0.6 is 11.6 Å². The van der Waals surface area contributed by atoms with Crippen LogP contribution in [-0.4, -0.2) is 157 Å². The van der Waals surface area contributed by atoms with Gasteiger partial charge in [0.15, 0.2) is 45.6 Å². The maximum Gasteiger partial charge on any atom is 0.427 e. The lowest BCUT2D eigenvalue weighted by molar-refractivity contribution is 0.0404. The van der Waals surface area contributed by atoms with E-state index in [0.29, 0.717) is 118 Å². The van der Waals surface area contributed by atoms with Crippen LogP contribution in [0.2, 0.25) is 5.28 Å². The number of hydrogen-bond donors (Lipinski definition) is 0. The second-order valence-electron chi connectivity index (χ2n) is 26.0. The molecule has 10 rings (SSSR count). The summed E-state index contributed by atoms with van der Waals surface area (Å²) >= 11 is 6.65. The molecule has 26 nitrogen and oxygen atoms in total. The Morgan fingerprint density at radius 3 is 1.34 bits per heavy atom. The van der Waals surface area contributed by atoms with Crippen molar-refractivity contribution in [2.75, 3.05) is 59.1 Å². The number of aryl methyl sites for hydroxylation is 2. The van der Waals surface area contributed by atoms with Crippen molar-refractivity contribution in [1.29, 1.82) is 0 Å². The van der Waals surface area contributed by atoms with Crippen molar-refractivity contribution in [2.45, 2.75) is 184 Å². The Morgan fingerprint density at radius 1 is 0.553 bits per heavy atom. The van der Waals surface area contributed by atoms with E-state index in [1.54, 1.807) is 96.9 Å². The average molecular weight is 1200 g/mol. The van der Waals surface area contributed by atoms with Crippen LogP contribution in [0.15, 0.2) is 18.7 Å². The van der Waals surface area contributed by atoms with Crippen LogP contribution < -0.4 is 19.6 Å². The lowest BCUT2D eigenvalue weighted by Crippen LogP contribution is -2.44. The molecule has 0 bridgehead atoms. The van der Waals surface area contributed by atoms with Crippen LogP contribution in [0.25, 0.3) is 45.1 Å². The third-order valence-corrected chi connectivity index (χ3v) is 14.0. The molecule has 0 N–H and O–H groups in total. The molecular weight excluding hydrogens is 1120 g/mol. The first-order chi connectivity index (χ1) is 39.8. The normalized spacial score (nSPS) is 17.8. The van der Waals surface area contributed by atoms with Crippen LogP contribution in [0.3, 0.4) is 0 Å². The number of halogens is 1. The molecule has 458 valence electrons. The minimum atomic E-state index is -0.950. The van der Waals surface area contributed by atoms with E-state index in [2.05, 4.69) is 53.1 Å². The molecule has 4 amide bonds. The summed E-state index contributed by atoms with van der Waals surface area (Å²) in [7, 11) is 0. The van der Waals surface area contributed by atoms with E-state index < -0.39 is 46.8 Å². The molecule has 0 spiro atoms. The summed E-state index contributed by atoms with van der Waals surface area (Å²) in [6, 6.07) is 0.164. The molecule has 2 saturated carbocycles. The summed E-state index contributed by atoms with van der Waals surface area (Å²) in [6.07, 6.45) is 5.76. The van der Waals surface area contributed by atoms with Gasteiger partial charge in [-0.1, -0.05) is 0 Å². The van der Waals surface area contributed by atoms with Crippen molar-refractivity contribution >= 4 is 81.8 Å². The van der Waals surface area contributed by atoms with E-state index in [9.17, 15) is 19.2 Å². The molecule has 0 radical (unpaired) electrons. The average Bonchev–Trinajstić information content (AvgIpc) is 2.81. The van der Waals surface area contributed by atoms with E-state index in [0.717, 1.165) is 42.9 Å². The van der Waals surface area contributed by atoms with Gasteiger partial charge in [0.05, 0.1) is 67.4 Å². The Hall–Kier alpha value is -7.45. The number of imide groups is 2. The fourth-order valence-electron chi connectivity index (χ4n) is 9.32. The second kappa shape index (κ2) is 24.1. The third-order valence-electron chi connectivity index (χ3n) is 13.7. The number of rotatable bonds is 10. The lowest BCUT2D eigenvalue weighted by Gasteiger charge is -2.34. The van der Waals surface area contributed by atoms with E-state index in [-0.39, 0.29) is 24.0 Å². The largest absolute Gasteiger partial charge is 0.443 e. The van der Waals surface area contributed by atoms with Gasteiger partial charge in [-0.3, -0.25) is 4.57 Å². The van der Waals surface area contributed by atoms with Crippen LogP contribution in [0.4, 0.5) is 42.7 Å². The van der Waals surface area contributed by atoms with Crippen LogP contribution in [0.1, 0.15) is 134 Å². The first kappa shape index (κ1) is 62.1. The van der Waals surface area contributed by atoms with Gasteiger partial charge >= 0.3 is 24.4 Å². The summed E-state index contributed by atoms with van der Waals surface area (Å²) in [4.78, 5) is 105. The minimum absolute atomic E-state index is 0.0583. The molecule has 27 heteroatoms. The molecule has 6 aromatic heterocycles. The number of hydrogen-bond acceptors (Lipinski definition) is 22. The number of anilines is 4. The van der Waals surface area contributed by atoms with Gasteiger partial charge < -0.3 is 42.8 Å². The van der Waals surface area contributed by atoms with Crippen LogP contribution in [-0.2, 0) is 41.5 Å². The Kier molecular flexibility index (Phi) is 17.6. The van der Waals surface area contributed by atoms with Gasteiger partial charge in [0.1, 0.15) is 22.4 Å². The van der Waals surface area contributed by atoms with Gasteiger partial charge in [0.2, 0.25) is 17.2 Å². The fourth-order valence-corrected chi connectivity index (χ4v) is 9.55. The fraction of sp³-hybridized carbons (Fsp3) is 0.621. The summed E-state index contributed by atoms with van der Waals surface area (Å²) < 4.78 is 37.3. The number of carbonyl (C=O) groups is 4. The Labute approximate surface area is 499 Å². The van der Waals surface area contributed by atoms with Gasteiger partial charge in [-0.15, -0.1) is 9.80 Å². The quantitative estimate of drug-likeness (QED) is 0.0910. The molecule has 4 fully saturated rings. The van der Waals surface area contributed by atoms with Gasteiger partial charge in [0.25, 0.3) is 0 Å². The third kappa shape index (κ3) is 15.2. The predicted octanol–water partition coefficient (Wildman–Crippen LogP) is 10.5. The molecule has 2 aliphatic carbocycles. The number of aromatic nitrogens is 12. The maximum absolute atomic E-state index is 13.1. The van der Waals surface area contributed by atoms with E-state index >= 15 is 0 Å². The minimum Gasteiger partial charge on any atom is -0.443 e. The number of morpholine rings is 2. The molecule has 2 aliphatic heterocycles. The zero-order valence-corrected chi connectivity index (χ0v) is 52.4. The molecule has 8 heterocycles. The lowest BCUT2D eigenvalue weighted by atomic mass is 10.2.